The van der Waals surface area contributed by atoms with Crippen molar-refractivity contribution in [2.45, 2.75) is 26.0 Å². The Morgan fingerprint density at radius 3 is 2.19 bits per heavy atom. The van der Waals surface area contributed by atoms with E-state index in [4.69, 9.17) is 0 Å². The summed E-state index contributed by atoms with van der Waals surface area (Å²) in [5.41, 5.74) is 0. The number of ether oxygens (including phenoxy) is 1. The second-order valence-corrected chi connectivity index (χ2v) is 10.3. The van der Waals surface area contributed by atoms with Crippen LogP contribution in [0, 0.1) is 0 Å². The average Bonchev–Trinajstić information content (AvgIpc) is 1.97. The molecule has 0 bridgehead atoms. The van der Waals surface area contributed by atoms with Crippen molar-refractivity contribution in [1.82, 2.24) is 0 Å². The topological polar surface area (TPSA) is 9.23 Å². The molecular formula is C10H12BrF3OSi. The molecule has 0 unspecified atom stereocenters. The van der Waals surface area contributed by atoms with Gasteiger partial charge in [-0.2, -0.15) is 0 Å². The fraction of sp³-hybridized carbons (Fsp3) is 0.400. The van der Waals surface area contributed by atoms with Gasteiger partial charge in [-0.1, -0.05) is 41.6 Å². The van der Waals surface area contributed by atoms with Crippen LogP contribution in [0.15, 0.2) is 22.7 Å². The van der Waals surface area contributed by atoms with Crippen molar-refractivity contribution < 1.29 is 17.9 Å². The molecule has 0 aliphatic heterocycles. The molecule has 0 spiro atoms. The van der Waals surface area contributed by atoms with Crippen LogP contribution in [0.2, 0.25) is 19.6 Å². The standard InChI is InChI=1S/C10H12BrF3OSi/c1-16(2,3)9-7(11)5-4-6-8(9)15-10(12,13)14/h4-6H,1-3H3. The van der Waals surface area contributed by atoms with E-state index in [1.165, 1.54) is 12.1 Å². The molecule has 0 saturated carbocycles. The van der Waals surface area contributed by atoms with Crippen LogP contribution < -0.4 is 9.92 Å². The van der Waals surface area contributed by atoms with Gasteiger partial charge >= 0.3 is 6.36 Å². The minimum atomic E-state index is -4.64. The van der Waals surface area contributed by atoms with E-state index in [2.05, 4.69) is 20.7 Å². The lowest BCUT2D eigenvalue weighted by atomic mass is 10.3. The van der Waals surface area contributed by atoms with Gasteiger partial charge < -0.3 is 4.74 Å². The van der Waals surface area contributed by atoms with E-state index in [1.54, 1.807) is 6.07 Å². The van der Waals surface area contributed by atoms with Gasteiger partial charge in [0.05, 0.1) is 8.07 Å². The first kappa shape index (κ1) is 13.6. The van der Waals surface area contributed by atoms with E-state index in [-0.39, 0.29) is 5.75 Å². The molecular weight excluding hydrogens is 301 g/mol. The molecule has 0 fully saturated rings. The van der Waals surface area contributed by atoms with Crippen LogP contribution >= 0.6 is 15.9 Å². The molecule has 0 aliphatic carbocycles. The van der Waals surface area contributed by atoms with E-state index in [9.17, 15) is 13.2 Å². The van der Waals surface area contributed by atoms with Gasteiger partial charge in [-0.15, -0.1) is 13.2 Å². The predicted molar refractivity (Wildman–Crippen MR) is 63.8 cm³/mol. The smallest absolute Gasteiger partial charge is 0.406 e. The lowest BCUT2D eigenvalue weighted by Gasteiger charge is -2.23. The van der Waals surface area contributed by atoms with Gasteiger partial charge in [0.15, 0.2) is 0 Å². The lowest BCUT2D eigenvalue weighted by Crippen LogP contribution is -2.40. The van der Waals surface area contributed by atoms with E-state index in [1.807, 2.05) is 19.6 Å². The number of hydrogen-bond acceptors (Lipinski definition) is 1. The first-order valence-corrected chi connectivity index (χ1v) is 8.95. The first-order chi connectivity index (χ1) is 7.11. The molecule has 1 aromatic carbocycles. The van der Waals surface area contributed by atoms with E-state index >= 15 is 0 Å². The van der Waals surface area contributed by atoms with Crippen molar-refractivity contribution >= 4 is 29.2 Å². The van der Waals surface area contributed by atoms with Crippen LogP contribution in [0.4, 0.5) is 13.2 Å². The third kappa shape index (κ3) is 3.52. The largest absolute Gasteiger partial charge is 0.573 e. The molecule has 16 heavy (non-hydrogen) atoms. The summed E-state index contributed by atoms with van der Waals surface area (Å²) in [4.78, 5) is 0. The van der Waals surface area contributed by atoms with Crippen LogP contribution in [0.25, 0.3) is 0 Å². The van der Waals surface area contributed by atoms with Gasteiger partial charge in [0.1, 0.15) is 5.75 Å². The van der Waals surface area contributed by atoms with Gasteiger partial charge in [0.25, 0.3) is 0 Å². The van der Waals surface area contributed by atoms with Crippen molar-refractivity contribution in [2.75, 3.05) is 0 Å². The summed E-state index contributed by atoms with van der Waals surface area (Å²) in [7, 11) is -1.89. The molecule has 90 valence electrons. The summed E-state index contributed by atoms with van der Waals surface area (Å²) in [5.74, 6) is -0.0963. The van der Waals surface area contributed by atoms with E-state index in [0.29, 0.717) is 9.66 Å². The molecule has 0 N–H and O–H groups in total. The van der Waals surface area contributed by atoms with Crippen LogP contribution in [0.3, 0.4) is 0 Å². The summed E-state index contributed by atoms with van der Waals surface area (Å²) < 4.78 is 41.4. The van der Waals surface area contributed by atoms with Gasteiger partial charge in [0.2, 0.25) is 0 Å². The second-order valence-electron chi connectivity index (χ2n) is 4.41. The molecule has 1 rings (SSSR count). The number of benzene rings is 1. The molecule has 1 nitrogen and oxygen atoms in total. The molecule has 0 aromatic heterocycles. The zero-order valence-electron chi connectivity index (χ0n) is 9.15. The van der Waals surface area contributed by atoms with Crippen molar-refractivity contribution in [2.24, 2.45) is 0 Å². The molecule has 0 amide bonds. The third-order valence-electron chi connectivity index (χ3n) is 1.95. The van der Waals surface area contributed by atoms with Crippen LogP contribution in [-0.4, -0.2) is 14.4 Å². The molecule has 0 radical (unpaired) electrons. The minimum absolute atomic E-state index is 0.0963. The highest BCUT2D eigenvalue weighted by Gasteiger charge is 2.34. The fourth-order valence-electron chi connectivity index (χ4n) is 1.44. The van der Waals surface area contributed by atoms with Crippen molar-refractivity contribution in [3.63, 3.8) is 0 Å². The number of rotatable bonds is 2. The summed E-state index contributed by atoms with van der Waals surface area (Å²) >= 11 is 3.28. The Balaban J connectivity index is 3.24. The Morgan fingerprint density at radius 2 is 1.75 bits per heavy atom. The summed E-state index contributed by atoms with van der Waals surface area (Å²) in [6, 6.07) is 4.62. The van der Waals surface area contributed by atoms with Crippen LogP contribution in [0.1, 0.15) is 0 Å². The van der Waals surface area contributed by atoms with Crippen LogP contribution in [-0.2, 0) is 0 Å². The van der Waals surface area contributed by atoms with Crippen LogP contribution in [0.5, 0.6) is 5.75 Å². The Bertz CT molecular complexity index is 385. The third-order valence-corrected chi connectivity index (χ3v) is 4.99. The Hall–Kier alpha value is -0.493. The monoisotopic (exact) mass is 312 g/mol. The molecule has 0 saturated heterocycles. The van der Waals surface area contributed by atoms with Crippen molar-refractivity contribution in [3.8, 4) is 5.75 Å². The highest BCUT2D eigenvalue weighted by atomic mass is 79.9. The molecule has 6 heteroatoms. The second kappa shape index (κ2) is 4.41. The Morgan fingerprint density at radius 1 is 1.19 bits per heavy atom. The summed E-state index contributed by atoms with van der Waals surface area (Å²) in [6.45, 7) is 5.91. The molecule has 1 aromatic rings. The predicted octanol–water partition coefficient (Wildman–Crippen LogP) is 3.89. The zero-order valence-corrected chi connectivity index (χ0v) is 11.7. The number of alkyl halides is 3. The Labute approximate surface area is 102 Å². The molecule has 0 heterocycles. The first-order valence-electron chi connectivity index (χ1n) is 4.66. The highest BCUT2D eigenvalue weighted by molar-refractivity contribution is 9.10. The quantitative estimate of drug-likeness (QED) is 0.753. The maximum Gasteiger partial charge on any atom is 0.573 e. The number of hydrogen-bond donors (Lipinski definition) is 0. The van der Waals surface area contributed by atoms with E-state index in [0.717, 1.165) is 0 Å². The summed E-state index contributed by atoms with van der Waals surface area (Å²) in [6.07, 6.45) is -4.64. The van der Waals surface area contributed by atoms with Gasteiger partial charge in [0, 0.05) is 4.47 Å². The average molecular weight is 313 g/mol. The maximum absolute atomic E-state index is 12.2. The van der Waals surface area contributed by atoms with Crippen molar-refractivity contribution in [3.05, 3.63) is 22.7 Å². The highest BCUT2D eigenvalue weighted by Crippen LogP contribution is 2.26. The zero-order chi connectivity index (χ0) is 12.6. The maximum atomic E-state index is 12.2. The minimum Gasteiger partial charge on any atom is -0.406 e. The summed E-state index contributed by atoms with van der Waals surface area (Å²) in [5, 5.41) is 0.646. The Kier molecular flexibility index (Phi) is 3.74. The van der Waals surface area contributed by atoms with Gasteiger partial charge in [-0.05, 0) is 17.3 Å². The number of halogens is 4. The molecule has 0 aliphatic rings. The lowest BCUT2D eigenvalue weighted by molar-refractivity contribution is -0.274. The van der Waals surface area contributed by atoms with Gasteiger partial charge in [-0.25, -0.2) is 0 Å². The molecule has 0 atom stereocenters. The normalized spacial score (nSPS) is 12.7. The van der Waals surface area contributed by atoms with Crippen molar-refractivity contribution in [1.29, 1.82) is 0 Å². The van der Waals surface area contributed by atoms with E-state index < -0.39 is 14.4 Å². The SMILES string of the molecule is C[Si](C)(C)c1c(Br)cccc1OC(F)(F)F. The fourth-order valence-corrected chi connectivity index (χ4v) is 5.25. The van der Waals surface area contributed by atoms with Gasteiger partial charge in [-0.3, -0.25) is 0 Å².